The third kappa shape index (κ3) is 1.37. The molecule has 0 amide bonds. The molecule has 5 heterocycles. The molecule has 0 aromatic carbocycles. The van der Waals surface area contributed by atoms with Gasteiger partial charge in [-0.25, -0.2) is 0 Å². The van der Waals surface area contributed by atoms with Crippen LogP contribution < -0.4 is 0 Å². The molecule has 6 fully saturated rings. The number of rotatable bonds is 3. The smallest absolute Gasteiger partial charge is 0.135 e. The predicted molar refractivity (Wildman–Crippen MR) is 96.9 cm³/mol. The van der Waals surface area contributed by atoms with Gasteiger partial charge in [0.2, 0.25) is 0 Å². The quantitative estimate of drug-likeness (QED) is 0.801. The Morgan fingerprint density at radius 3 is 2.75 bits per heavy atom. The van der Waals surface area contributed by atoms with Gasteiger partial charge in [-0.2, -0.15) is 0 Å². The van der Waals surface area contributed by atoms with Crippen molar-refractivity contribution in [3.05, 3.63) is 23.2 Å². The monoisotopic (exact) mass is 388 g/mol. The van der Waals surface area contributed by atoms with Gasteiger partial charge >= 0.3 is 0 Å². The normalized spacial score (nSPS) is 56.7. The van der Waals surface area contributed by atoms with E-state index in [0.29, 0.717) is 6.61 Å². The number of fused-ring (bicyclic) bond motifs is 3. The van der Waals surface area contributed by atoms with Crippen LogP contribution in [-0.4, -0.2) is 53.4 Å². The van der Waals surface area contributed by atoms with E-state index in [4.69, 9.17) is 23.4 Å². The van der Waals surface area contributed by atoms with Crippen LogP contribution in [0.3, 0.4) is 0 Å². The average molecular weight is 388 g/mol. The molecular formula is C22H28O6. The predicted octanol–water partition coefficient (Wildman–Crippen LogP) is 2.31. The van der Waals surface area contributed by atoms with Crippen LogP contribution in [0.5, 0.6) is 0 Å². The summed E-state index contributed by atoms with van der Waals surface area (Å²) in [5.74, 6) is 1.41. The Balaban J connectivity index is 1.36. The van der Waals surface area contributed by atoms with Crippen molar-refractivity contribution < 1.29 is 28.5 Å². The topological polar surface area (TPSA) is 76.9 Å². The second-order valence-electron chi connectivity index (χ2n) is 10.4. The van der Waals surface area contributed by atoms with Crippen molar-refractivity contribution in [2.75, 3.05) is 7.11 Å². The van der Waals surface area contributed by atoms with Gasteiger partial charge in [-0.05, 0) is 24.3 Å². The summed E-state index contributed by atoms with van der Waals surface area (Å²) < 4.78 is 30.7. The molecule has 1 unspecified atom stereocenters. The van der Waals surface area contributed by atoms with Gasteiger partial charge in [0.15, 0.2) is 0 Å². The molecule has 28 heavy (non-hydrogen) atoms. The molecule has 1 N–H and O–H groups in total. The highest BCUT2D eigenvalue weighted by Crippen LogP contribution is 2.82. The van der Waals surface area contributed by atoms with Crippen LogP contribution in [0.15, 0.2) is 10.7 Å². The van der Waals surface area contributed by atoms with Gasteiger partial charge in [-0.3, -0.25) is 0 Å². The molecule has 3 aliphatic carbocycles. The van der Waals surface area contributed by atoms with Gasteiger partial charge in [0.05, 0.1) is 12.4 Å². The Bertz CT molecular complexity index is 886. The molecule has 0 radical (unpaired) electrons. The van der Waals surface area contributed by atoms with Crippen LogP contribution >= 0.6 is 0 Å². The average Bonchev–Trinajstić information content (AvgIpc) is 3.49. The van der Waals surface area contributed by atoms with Crippen LogP contribution in [0.2, 0.25) is 0 Å². The molecule has 2 saturated carbocycles. The molecule has 6 nitrogen and oxygen atoms in total. The van der Waals surface area contributed by atoms with Crippen LogP contribution in [0.25, 0.3) is 0 Å². The first kappa shape index (κ1) is 16.8. The maximum atomic E-state index is 11.5. The number of aliphatic hydroxyl groups is 1. The van der Waals surface area contributed by atoms with E-state index in [0.717, 1.165) is 25.0 Å². The summed E-state index contributed by atoms with van der Waals surface area (Å²) in [5.41, 5.74) is 0.887. The first-order chi connectivity index (χ1) is 13.4. The number of furan rings is 1. The summed E-state index contributed by atoms with van der Waals surface area (Å²) in [6, 6.07) is 0. The number of hydrogen-bond donors (Lipinski definition) is 1. The van der Waals surface area contributed by atoms with Crippen molar-refractivity contribution in [1.82, 2.24) is 0 Å². The maximum Gasteiger partial charge on any atom is 0.135 e. The van der Waals surface area contributed by atoms with Crippen molar-refractivity contribution >= 4 is 0 Å². The molecule has 4 aliphatic heterocycles. The lowest BCUT2D eigenvalue weighted by atomic mass is 9.42. The highest BCUT2D eigenvalue weighted by atomic mass is 16.7. The molecule has 7 aliphatic rings. The summed E-state index contributed by atoms with van der Waals surface area (Å²) in [4.78, 5) is 0. The van der Waals surface area contributed by atoms with E-state index in [9.17, 15) is 5.11 Å². The second kappa shape index (κ2) is 4.54. The molecule has 9 atom stereocenters. The van der Waals surface area contributed by atoms with Crippen molar-refractivity contribution in [3.8, 4) is 0 Å². The summed E-state index contributed by atoms with van der Waals surface area (Å²) in [6.45, 7) is 7.12. The van der Waals surface area contributed by atoms with E-state index in [1.807, 2.05) is 6.26 Å². The molecule has 1 aromatic heterocycles. The lowest BCUT2D eigenvalue weighted by Gasteiger charge is -2.70. The van der Waals surface area contributed by atoms with Crippen molar-refractivity contribution in [2.45, 2.75) is 93.8 Å². The van der Waals surface area contributed by atoms with Crippen molar-refractivity contribution in [3.63, 3.8) is 0 Å². The molecule has 152 valence electrons. The molecule has 6 heteroatoms. The van der Waals surface area contributed by atoms with Gasteiger partial charge in [-0.1, -0.05) is 20.8 Å². The lowest BCUT2D eigenvalue weighted by Crippen LogP contribution is -2.83. The van der Waals surface area contributed by atoms with Crippen molar-refractivity contribution in [1.29, 1.82) is 0 Å². The minimum atomic E-state index is -0.632. The third-order valence-electron chi connectivity index (χ3n) is 9.34. The van der Waals surface area contributed by atoms with E-state index < -0.39 is 22.9 Å². The summed E-state index contributed by atoms with van der Waals surface area (Å²) >= 11 is 0. The fourth-order valence-electron chi connectivity index (χ4n) is 8.08. The van der Waals surface area contributed by atoms with Gasteiger partial charge in [-0.15, -0.1) is 0 Å². The Labute approximate surface area is 164 Å². The Hall–Kier alpha value is -0.920. The molecule has 8 rings (SSSR count). The molecule has 4 saturated heterocycles. The van der Waals surface area contributed by atoms with Crippen LogP contribution in [0.4, 0.5) is 0 Å². The first-order valence-corrected chi connectivity index (χ1v) is 10.7. The molecule has 2 bridgehead atoms. The first-order valence-electron chi connectivity index (χ1n) is 10.7. The van der Waals surface area contributed by atoms with Gasteiger partial charge in [0.25, 0.3) is 0 Å². The highest BCUT2D eigenvalue weighted by Gasteiger charge is 2.97. The van der Waals surface area contributed by atoms with E-state index in [-0.39, 0.29) is 35.6 Å². The van der Waals surface area contributed by atoms with Gasteiger partial charge in [0.1, 0.15) is 47.5 Å². The zero-order valence-electron chi connectivity index (χ0n) is 16.9. The Kier molecular flexibility index (Phi) is 2.73. The Morgan fingerprint density at radius 1 is 1.25 bits per heavy atom. The number of epoxide rings is 2. The van der Waals surface area contributed by atoms with Crippen LogP contribution in [0, 0.1) is 11.3 Å². The fourth-order valence-corrected chi connectivity index (χ4v) is 8.08. The zero-order valence-corrected chi connectivity index (χ0v) is 16.9. The second-order valence-corrected chi connectivity index (χ2v) is 10.4. The molecule has 2 spiro atoms. The van der Waals surface area contributed by atoms with E-state index >= 15 is 0 Å². The van der Waals surface area contributed by atoms with Crippen LogP contribution in [-0.2, 0) is 32.0 Å². The van der Waals surface area contributed by atoms with E-state index in [2.05, 4.69) is 20.8 Å². The van der Waals surface area contributed by atoms with Crippen molar-refractivity contribution in [2.24, 2.45) is 11.3 Å². The largest absolute Gasteiger partial charge is 0.466 e. The van der Waals surface area contributed by atoms with Gasteiger partial charge in [0, 0.05) is 30.4 Å². The highest BCUT2D eigenvalue weighted by molar-refractivity contribution is 5.50. The van der Waals surface area contributed by atoms with E-state index in [1.54, 1.807) is 7.11 Å². The zero-order chi connectivity index (χ0) is 19.3. The number of methoxy groups -OCH3 is 1. The Morgan fingerprint density at radius 2 is 2.04 bits per heavy atom. The molecule has 1 aromatic rings. The third-order valence-corrected chi connectivity index (χ3v) is 9.34. The summed E-state index contributed by atoms with van der Waals surface area (Å²) in [6.07, 6.45) is 4.19. The van der Waals surface area contributed by atoms with Gasteiger partial charge < -0.3 is 28.5 Å². The SMILES string of the molecule is COCc1occ2c1CC[C@@]1(C)[C@H]2C2C[C@@]3(O2)[C@H](O)[C@@]2(C(C)C)O[C@H]2[C@@H]2O[C@]213. The number of hydrogen-bond acceptors (Lipinski definition) is 6. The minimum absolute atomic E-state index is 0.0128. The van der Waals surface area contributed by atoms with Crippen LogP contribution in [0.1, 0.15) is 56.4 Å². The standard InChI is InChI=1S/C22H28O6/c1-10(2)21-16(27-21)17-22(28-17)19(3)6-5-11-12(8-25-14(11)9-24-4)15(19)13-7-20(22,26-13)18(21)23/h8,10,13,15-18,23H,5-7,9H2,1-4H3/t13?,15-,16+,17+,18+,19+,20-,21+,22-/m1/s1. The molecular weight excluding hydrogens is 360 g/mol. The maximum absolute atomic E-state index is 11.5. The summed E-state index contributed by atoms with van der Waals surface area (Å²) in [7, 11) is 1.70. The summed E-state index contributed by atoms with van der Waals surface area (Å²) in [5, 5.41) is 11.5. The van der Waals surface area contributed by atoms with E-state index in [1.165, 1.54) is 11.1 Å². The number of ether oxygens (including phenoxy) is 4. The number of aliphatic hydroxyl groups excluding tert-OH is 1. The fraction of sp³-hybridized carbons (Fsp3) is 0.818. The lowest BCUT2D eigenvalue weighted by molar-refractivity contribution is -0.358. The minimum Gasteiger partial charge on any atom is -0.466 e.